The van der Waals surface area contributed by atoms with Gasteiger partial charge in [-0.25, -0.2) is 13.4 Å². The van der Waals surface area contributed by atoms with Gasteiger partial charge in [0.15, 0.2) is 0 Å². The monoisotopic (exact) mass is 353 g/mol. The van der Waals surface area contributed by atoms with Crippen LogP contribution in [0.1, 0.15) is 5.56 Å². The van der Waals surface area contributed by atoms with Crippen LogP contribution in [0.15, 0.2) is 17.0 Å². The first-order valence-corrected chi connectivity index (χ1v) is 8.62. The summed E-state index contributed by atoms with van der Waals surface area (Å²) in [5, 5.41) is 11.0. The summed E-state index contributed by atoms with van der Waals surface area (Å²) in [6, 6.07) is 2.72. The Morgan fingerprint density at radius 3 is 2.43 bits per heavy atom. The van der Waals surface area contributed by atoms with E-state index < -0.39 is 10.0 Å². The van der Waals surface area contributed by atoms with E-state index in [1.165, 1.54) is 12.1 Å². The van der Waals surface area contributed by atoms with Gasteiger partial charge in [0.05, 0.1) is 11.6 Å². The zero-order valence-corrected chi connectivity index (χ0v) is 13.8. The number of halogens is 2. The van der Waals surface area contributed by atoms with Gasteiger partial charge in [-0.1, -0.05) is 23.2 Å². The quantitative estimate of drug-likeness (QED) is 0.842. The van der Waals surface area contributed by atoms with E-state index in [-0.39, 0.29) is 27.1 Å². The van der Waals surface area contributed by atoms with E-state index in [4.69, 9.17) is 23.2 Å². The van der Waals surface area contributed by atoms with Crippen molar-refractivity contribution in [3.8, 4) is 0 Å². The number of hydrogen-bond donors (Lipinski definition) is 2. The summed E-state index contributed by atoms with van der Waals surface area (Å²) in [4.78, 5) is 4.49. The number of nitrogens with one attached hydrogen (secondary N) is 1. The van der Waals surface area contributed by atoms with Crippen LogP contribution in [0.3, 0.4) is 0 Å². The lowest BCUT2D eigenvalue weighted by Gasteiger charge is -2.32. The molecule has 1 aromatic carbocycles. The van der Waals surface area contributed by atoms with Crippen LogP contribution in [0, 0.1) is 0 Å². The zero-order valence-electron chi connectivity index (χ0n) is 11.5. The van der Waals surface area contributed by atoms with Crippen molar-refractivity contribution in [1.29, 1.82) is 0 Å². The van der Waals surface area contributed by atoms with Crippen LogP contribution in [0.2, 0.25) is 10.0 Å². The topological polar surface area (TPSA) is 72.9 Å². The number of nitrogens with zero attached hydrogens (tertiary/aromatic N) is 2. The number of aliphatic hydroxyl groups excluding tert-OH is 1. The Labute approximate surface area is 134 Å². The molecule has 0 radical (unpaired) electrons. The molecule has 1 saturated heterocycles. The first kappa shape index (κ1) is 17.0. The molecule has 21 heavy (non-hydrogen) atoms. The summed E-state index contributed by atoms with van der Waals surface area (Å²) in [7, 11) is -1.85. The van der Waals surface area contributed by atoms with Gasteiger partial charge in [-0.3, -0.25) is 0 Å². The van der Waals surface area contributed by atoms with Crippen LogP contribution < -0.4 is 4.83 Å². The summed E-state index contributed by atoms with van der Waals surface area (Å²) in [6.07, 6.45) is 0. The van der Waals surface area contributed by atoms with Crippen molar-refractivity contribution in [2.45, 2.75) is 11.5 Å². The van der Waals surface area contributed by atoms with E-state index in [9.17, 15) is 13.5 Å². The molecule has 2 N–H and O–H groups in total. The summed E-state index contributed by atoms with van der Waals surface area (Å²) in [5.41, 5.74) is 0.280. The van der Waals surface area contributed by atoms with Gasteiger partial charge in [-0.2, -0.15) is 0 Å². The normalized spacial score (nSPS) is 18.1. The van der Waals surface area contributed by atoms with Crippen LogP contribution in [0.5, 0.6) is 0 Å². The highest BCUT2D eigenvalue weighted by molar-refractivity contribution is 7.89. The summed E-state index contributed by atoms with van der Waals surface area (Å²) in [5.74, 6) is 0. The molecule has 0 atom stereocenters. The van der Waals surface area contributed by atoms with Crippen LogP contribution in [-0.4, -0.2) is 56.7 Å². The van der Waals surface area contributed by atoms with E-state index >= 15 is 0 Å². The third-order valence-corrected chi connectivity index (χ3v) is 5.47. The number of benzene rings is 1. The molecule has 0 amide bonds. The van der Waals surface area contributed by atoms with Gasteiger partial charge in [0.2, 0.25) is 0 Å². The van der Waals surface area contributed by atoms with Gasteiger partial charge in [-0.05, 0) is 24.7 Å². The van der Waals surface area contributed by atoms with Crippen molar-refractivity contribution in [2.24, 2.45) is 0 Å². The van der Waals surface area contributed by atoms with Crippen molar-refractivity contribution in [1.82, 2.24) is 14.7 Å². The fourth-order valence-corrected chi connectivity index (χ4v) is 4.09. The zero-order chi connectivity index (χ0) is 15.6. The molecule has 0 aromatic heterocycles. The molecule has 0 aliphatic carbocycles. The first-order valence-electron chi connectivity index (χ1n) is 6.38. The minimum absolute atomic E-state index is 0.0106. The van der Waals surface area contributed by atoms with Gasteiger partial charge < -0.3 is 10.0 Å². The van der Waals surface area contributed by atoms with Gasteiger partial charge in [0.25, 0.3) is 10.0 Å². The van der Waals surface area contributed by atoms with E-state index in [1.54, 1.807) is 5.01 Å². The average Bonchev–Trinajstić information content (AvgIpc) is 2.43. The summed E-state index contributed by atoms with van der Waals surface area (Å²) >= 11 is 11.9. The molecule has 1 heterocycles. The number of aliphatic hydroxyl groups is 1. The van der Waals surface area contributed by atoms with Crippen molar-refractivity contribution < 1.29 is 13.5 Å². The maximum absolute atomic E-state index is 12.4. The van der Waals surface area contributed by atoms with Crippen LogP contribution in [-0.2, 0) is 16.6 Å². The lowest BCUT2D eigenvalue weighted by molar-refractivity contribution is 0.135. The highest BCUT2D eigenvalue weighted by Gasteiger charge is 2.25. The third kappa shape index (κ3) is 4.07. The predicted octanol–water partition coefficient (Wildman–Crippen LogP) is 0.926. The maximum Gasteiger partial charge on any atom is 0.255 e. The number of piperazine rings is 1. The predicted molar refractivity (Wildman–Crippen MR) is 81.8 cm³/mol. The molecule has 0 unspecified atom stereocenters. The highest BCUT2D eigenvalue weighted by atomic mass is 35.5. The minimum Gasteiger partial charge on any atom is -0.392 e. The van der Waals surface area contributed by atoms with E-state index in [0.717, 1.165) is 13.1 Å². The van der Waals surface area contributed by atoms with E-state index in [2.05, 4.69) is 9.73 Å². The largest absolute Gasteiger partial charge is 0.392 e. The second-order valence-corrected chi connectivity index (χ2v) is 7.36. The first-order chi connectivity index (χ1) is 9.83. The van der Waals surface area contributed by atoms with Crippen molar-refractivity contribution in [3.63, 3.8) is 0 Å². The van der Waals surface area contributed by atoms with Crippen molar-refractivity contribution in [3.05, 3.63) is 27.7 Å². The summed E-state index contributed by atoms with van der Waals surface area (Å²) in [6.45, 7) is 2.33. The Morgan fingerprint density at radius 2 is 1.86 bits per heavy atom. The number of likely N-dealkylation sites (N-methyl/N-ethyl adjacent to an activating group) is 1. The van der Waals surface area contributed by atoms with Crippen LogP contribution in [0.4, 0.5) is 0 Å². The smallest absolute Gasteiger partial charge is 0.255 e. The minimum atomic E-state index is -3.83. The molecule has 9 heteroatoms. The Hall–Kier alpha value is -0.410. The highest BCUT2D eigenvalue weighted by Crippen LogP contribution is 2.29. The number of sulfonamides is 1. The van der Waals surface area contributed by atoms with Crippen LogP contribution >= 0.6 is 23.2 Å². The number of hydrazine groups is 1. The fourth-order valence-electron chi connectivity index (χ4n) is 2.05. The SMILES string of the molecule is CN1CCN(NS(=O)(=O)c2cc(Cl)cc(CO)c2Cl)CC1. The third-order valence-electron chi connectivity index (χ3n) is 3.29. The van der Waals surface area contributed by atoms with Crippen molar-refractivity contribution >= 4 is 33.2 Å². The van der Waals surface area contributed by atoms with Gasteiger partial charge in [0.1, 0.15) is 4.90 Å². The fraction of sp³-hybridized carbons (Fsp3) is 0.500. The Morgan fingerprint density at radius 1 is 1.24 bits per heavy atom. The van der Waals surface area contributed by atoms with Gasteiger partial charge in [0, 0.05) is 31.2 Å². The van der Waals surface area contributed by atoms with E-state index in [1.807, 2.05) is 7.05 Å². The molecule has 0 saturated carbocycles. The standard InChI is InChI=1S/C12H17Cl2N3O3S/c1-16-2-4-17(5-3-16)15-21(19,20)11-7-10(13)6-9(8-18)12(11)14/h6-7,15,18H,2-5,8H2,1H3. The lowest BCUT2D eigenvalue weighted by Crippen LogP contribution is -2.52. The lowest BCUT2D eigenvalue weighted by atomic mass is 10.2. The molecular formula is C12H17Cl2N3O3S. The molecule has 2 rings (SSSR count). The molecule has 118 valence electrons. The molecular weight excluding hydrogens is 337 g/mol. The molecule has 6 nitrogen and oxygen atoms in total. The number of hydrogen-bond acceptors (Lipinski definition) is 5. The van der Waals surface area contributed by atoms with E-state index in [0.29, 0.717) is 13.1 Å². The number of rotatable bonds is 4. The average molecular weight is 354 g/mol. The molecule has 0 spiro atoms. The Kier molecular flexibility index (Phi) is 5.48. The second-order valence-electron chi connectivity index (χ2n) is 4.92. The molecule has 1 fully saturated rings. The second kappa shape index (κ2) is 6.78. The molecule has 0 bridgehead atoms. The van der Waals surface area contributed by atoms with Gasteiger partial charge in [-0.15, -0.1) is 4.83 Å². The van der Waals surface area contributed by atoms with Crippen LogP contribution in [0.25, 0.3) is 0 Å². The molecule has 1 aliphatic rings. The Bertz CT molecular complexity index is 616. The molecule has 1 aromatic rings. The summed E-state index contributed by atoms with van der Waals surface area (Å²) < 4.78 is 24.9. The van der Waals surface area contributed by atoms with Gasteiger partial charge >= 0.3 is 0 Å². The molecule has 1 aliphatic heterocycles. The maximum atomic E-state index is 12.4. The Balaban J connectivity index is 2.25. The van der Waals surface area contributed by atoms with Crippen molar-refractivity contribution in [2.75, 3.05) is 33.2 Å².